The van der Waals surface area contributed by atoms with Crippen molar-refractivity contribution in [1.82, 2.24) is 4.90 Å². The maximum atomic E-state index is 12.9. The first-order valence-electron chi connectivity index (χ1n) is 11.1. The normalized spacial score (nSPS) is 18.7. The van der Waals surface area contributed by atoms with Crippen LogP contribution >= 0.6 is 0 Å². The van der Waals surface area contributed by atoms with Gasteiger partial charge in [0, 0.05) is 31.5 Å². The fraction of sp³-hybridized carbons (Fsp3) is 0.333. The second-order valence-corrected chi connectivity index (χ2v) is 8.81. The fourth-order valence-electron chi connectivity index (χ4n) is 4.81. The van der Waals surface area contributed by atoms with E-state index in [-0.39, 0.29) is 11.6 Å². The van der Waals surface area contributed by atoms with E-state index in [1.807, 2.05) is 30.3 Å². The lowest BCUT2D eigenvalue weighted by molar-refractivity contribution is 0.0932. The number of Topliss-reactive ketones (excluding diaryl/α,β-unsaturated/α-hetero) is 2. The van der Waals surface area contributed by atoms with Gasteiger partial charge in [-0.3, -0.25) is 9.59 Å². The summed E-state index contributed by atoms with van der Waals surface area (Å²) in [6.45, 7) is 5.42. The molecule has 0 radical (unpaired) electrons. The Morgan fingerprint density at radius 2 is 2.00 bits per heavy atom. The van der Waals surface area contributed by atoms with Gasteiger partial charge in [0.25, 0.3) is 0 Å². The maximum absolute atomic E-state index is 12.9. The standard InChI is InChI=1S/C27H27NO3/c1-18-3-2-4-19(13-18)22-7-10-28(17-22)11-8-25(29)21-6-5-20-16-27-24(15-23(20)14-21)26(30)9-12-31-27/h2-6,13-16,22H,7-12,17H2,1H3. The number of aryl methyl sites for hydroxylation is 1. The number of likely N-dealkylation sites (tertiary alicyclic amines) is 1. The third kappa shape index (κ3) is 4.13. The second-order valence-electron chi connectivity index (χ2n) is 8.81. The monoisotopic (exact) mass is 413 g/mol. The SMILES string of the molecule is Cc1cccc(C2CCN(CCC(=O)c3ccc4cc5c(cc4c3)C(=O)CCO5)C2)c1. The average molecular weight is 414 g/mol. The number of carbonyl (C=O) groups excluding carboxylic acids is 2. The predicted molar refractivity (Wildman–Crippen MR) is 122 cm³/mol. The third-order valence-corrected chi connectivity index (χ3v) is 6.59. The maximum Gasteiger partial charge on any atom is 0.170 e. The molecule has 0 bridgehead atoms. The molecule has 2 aliphatic heterocycles. The molecule has 0 spiro atoms. The molecular formula is C27H27NO3. The van der Waals surface area contributed by atoms with E-state index in [0.29, 0.717) is 42.2 Å². The van der Waals surface area contributed by atoms with Crippen molar-refractivity contribution in [2.75, 3.05) is 26.2 Å². The number of fused-ring (bicyclic) bond motifs is 2. The van der Waals surface area contributed by atoms with Crippen molar-refractivity contribution in [3.8, 4) is 5.75 Å². The van der Waals surface area contributed by atoms with Crippen LogP contribution in [0.4, 0.5) is 0 Å². The van der Waals surface area contributed by atoms with Crippen LogP contribution in [0.3, 0.4) is 0 Å². The first-order valence-corrected chi connectivity index (χ1v) is 11.1. The molecule has 0 N–H and O–H groups in total. The van der Waals surface area contributed by atoms with E-state index < -0.39 is 0 Å². The highest BCUT2D eigenvalue weighted by atomic mass is 16.5. The molecule has 1 saturated heterocycles. The minimum atomic E-state index is 0.108. The molecule has 0 saturated carbocycles. The van der Waals surface area contributed by atoms with Gasteiger partial charge in [-0.2, -0.15) is 0 Å². The first kappa shape index (κ1) is 20.0. The Kier molecular flexibility index (Phi) is 5.33. The Labute approximate surface area is 182 Å². The van der Waals surface area contributed by atoms with Crippen LogP contribution < -0.4 is 4.74 Å². The Morgan fingerprint density at radius 1 is 1.10 bits per heavy atom. The Hall–Kier alpha value is -2.98. The van der Waals surface area contributed by atoms with Gasteiger partial charge in [-0.15, -0.1) is 0 Å². The molecule has 3 aromatic carbocycles. The summed E-state index contributed by atoms with van der Waals surface area (Å²) in [5.41, 5.74) is 4.05. The highest BCUT2D eigenvalue weighted by Gasteiger charge is 2.24. The molecular weight excluding hydrogens is 386 g/mol. The smallest absolute Gasteiger partial charge is 0.170 e. The topological polar surface area (TPSA) is 46.6 Å². The average Bonchev–Trinajstić information content (AvgIpc) is 3.25. The summed E-state index contributed by atoms with van der Waals surface area (Å²) in [4.78, 5) is 27.5. The van der Waals surface area contributed by atoms with Crippen molar-refractivity contribution >= 4 is 22.3 Å². The molecule has 158 valence electrons. The van der Waals surface area contributed by atoms with E-state index >= 15 is 0 Å². The van der Waals surface area contributed by atoms with Crippen molar-refractivity contribution < 1.29 is 14.3 Å². The van der Waals surface area contributed by atoms with E-state index in [0.717, 1.165) is 36.8 Å². The minimum Gasteiger partial charge on any atom is -0.492 e. The molecule has 1 unspecified atom stereocenters. The van der Waals surface area contributed by atoms with Crippen LogP contribution in [0, 0.1) is 6.92 Å². The molecule has 1 fully saturated rings. The van der Waals surface area contributed by atoms with Crippen molar-refractivity contribution in [3.63, 3.8) is 0 Å². The van der Waals surface area contributed by atoms with Gasteiger partial charge in [-0.25, -0.2) is 0 Å². The molecule has 0 aliphatic carbocycles. The van der Waals surface area contributed by atoms with Crippen molar-refractivity contribution in [2.24, 2.45) is 0 Å². The molecule has 1 atom stereocenters. The molecule has 0 amide bonds. The van der Waals surface area contributed by atoms with Crippen LogP contribution in [-0.2, 0) is 0 Å². The fourth-order valence-corrected chi connectivity index (χ4v) is 4.81. The van der Waals surface area contributed by atoms with Gasteiger partial charge in [0.05, 0.1) is 12.2 Å². The van der Waals surface area contributed by atoms with Crippen LogP contribution in [0.2, 0.25) is 0 Å². The van der Waals surface area contributed by atoms with E-state index in [9.17, 15) is 9.59 Å². The zero-order valence-corrected chi connectivity index (χ0v) is 17.9. The first-order chi connectivity index (χ1) is 15.1. The Balaban J connectivity index is 1.25. The number of ether oxygens (including phenoxy) is 1. The third-order valence-electron chi connectivity index (χ3n) is 6.59. The van der Waals surface area contributed by atoms with Crippen LogP contribution in [0.1, 0.15) is 57.0 Å². The Morgan fingerprint density at radius 3 is 2.87 bits per heavy atom. The summed E-state index contributed by atoms with van der Waals surface area (Å²) in [6.07, 6.45) is 2.07. The molecule has 4 heteroatoms. The summed E-state index contributed by atoms with van der Waals surface area (Å²) in [7, 11) is 0. The van der Waals surface area contributed by atoms with Gasteiger partial charge in [-0.05, 0) is 60.3 Å². The lowest BCUT2D eigenvalue weighted by Crippen LogP contribution is -2.23. The lowest BCUT2D eigenvalue weighted by Gasteiger charge is -2.17. The highest BCUT2D eigenvalue weighted by Crippen LogP contribution is 2.31. The van der Waals surface area contributed by atoms with Gasteiger partial charge < -0.3 is 9.64 Å². The number of hydrogen-bond acceptors (Lipinski definition) is 4. The number of rotatable bonds is 5. The molecule has 5 rings (SSSR count). The van der Waals surface area contributed by atoms with Gasteiger partial charge in [0.1, 0.15) is 5.75 Å². The van der Waals surface area contributed by atoms with Gasteiger partial charge in [0.2, 0.25) is 0 Å². The molecule has 31 heavy (non-hydrogen) atoms. The van der Waals surface area contributed by atoms with Crippen molar-refractivity contribution in [1.29, 1.82) is 0 Å². The summed E-state index contributed by atoms with van der Waals surface area (Å²) in [5, 5.41) is 1.91. The van der Waals surface area contributed by atoms with Crippen LogP contribution in [0.15, 0.2) is 54.6 Å². The summed E-state index contributed by atoms with van der Waals surface area (Å²) < 4.78 is 5.63. The quantitative estimate of drug-likeness (QED) is 0.541. The highest BCUT2D eigenvalue weighted by molar-refractivity contribution is 6.05. The molecule has 2 heterocycles. The van der Waals surface area contributed by atoms with Crippen LogP contribution in [-0.4, -0.2) is 42.7 Å². The van der Waals surface area contributed by atoms with Gasteiger partial charge >= 0.3 is 0 Å². The molecule has 4 nitrogen and oxygen atoms in total. The lowest BCUT2D eigenvalue weighted by atomic mass is 9.97. The zero-order valence-electron chi connectivity index (χ0n) is 17.9. The number of carbonyl (C=O) groups is 2. The number of ketones is 2. The van der Waals surface area contributed by atoms with Crippen molar-refractivity contribution in [2.45, 2.75) is 32.1 Å². The molecule has 0 aromatic heterocycles. The van der Waals surface area contributed by atoms with E-state index in [2.05, 4.69) is 36.1 Å². The molecule has 3 aromatic rings. The largest absolute Gasteiger partial charge is 0.492 e. The predicted octanol–water partition coefficient (Wildman–Crippen LogP) is 5.18. The van der Waals surface area contributed by atoms with E-state index in [1.54, 1.807) is 0 Å². The van der Waals surface area contributed by atoms with E-state index in [1.165, 1.54) is 11.1 Å². The zero-order chi connectivity index (χ0) is 21.4. The number of benzene rings is 3. The van der Waals surface area contributed by atoms with Crippen molar-refractivity contribution in [3.05, 3.63) is 76.9 Å². The molecule has 2 aliphatic rings. The van der Waals surface area contributed by atoms with Gasteiger partial charge in [-0.1, -0.05) is 42.0 Å². The summed E-state index contributed by atoms with van der Waals surface area (Å²) >= 11 is 0. The van der Waals surface area contributed by atoms with Crippen LogP contribution in [0.25, 0.3) is 10.8 Å². The number of nitrogens with zero attached hydrogens (tertiary/aromatic N) is 1. The minimum absolute atomic E-state index is 0.108. The summed E-state index contributed by atoms with van der Waals surface area (Å²) in [5.74, 6) is 1.47. The van der Waals surface area contributed by atoms with Gasteiger partial charge in [0.15, 0.2) is 11.6 Å². The number of hydrogen-bond donors (Lipinski definition) is 0. The van der Waals surface area contributed by atoms with Crippen LogP contribution in [0.5, 0.6) is 5.75 Å². The second kappa shape index (κ2) is 8.27. The Bertz CT molecular complexity index is 1170. The summed E-state index contributed by atoms with van der Waals surface area (Å²) in [6, 6.07) is 18.3. The van der Waals surface area contributed by atoms with E-state index in [4.69, 9.17) is 4.74 Å².